The molecule has 1 atom stereocenters. The number of sulfonamides is 1. The Morgan fingerprint density at radius 3 is 2.32 bits per heavy atom. The van der Waals surface area contributed by atoms with E-state index in [-0.39, 0.29) is 10.8 Å². The van der Waals surface area contributed by atoms with Gasteiger partial charge in [0.2, 0.25) is 15.9 Å². The van der Waals surface area contributed by atoms with Crippen LogP contribution in [-0.2, 0) is 14.8 Å². The summed E-state index contributed by atoms with van der Waals surface area (Å²) < 4.78 is 24.8. The molecule has 0 spiro atoms. The third kappa shape index (κ3) is 4.63. The highest BCUT2D eigenvalue weighted by atomic mass is 32.2. The number of hydrogen-bond acceptors (Lipinski definition) is 5. The Morgan fingerprint density at radius 2 is 1.65 bits per heavy atom. The minimum Gasteiger partial charge on any atom is -0.325 e. The lowest BCUT2D eigenvalue weighted by Crippen LogP contribution is -2.23. The number of fused-ring (bicyclic) bond motifs is 1. The van der Waals surface area contributed by atoms with Crippen molar-refractivity contribution in [3.05, 3.63) is 78.9 Å². The van der Waals surface area contributed by atoms with Gasteiger partial charge in [0.25, 0.3) is 0 Å². The van der Waals surface area contributed by atoms with Gasteiger partial charge in [-0.15, -0.1) is 0 Å². The van der Waals surface area contributed by atoms with Gasteiger partial charge in [0.1, 0.15) is 0 Å². The maximum atomic E-state index is 12.7. The van der Waals surface area contributed by atoms with Crippen LogP contribution in [0.25, 0.3) is 16.7 Å². The van der Waals surface area contributed by atoms with Crippen LogP contribution in [0.3, 0.4) is 0 Å². The maximum absolute atomic E-state index is 12.7. The quantitative estimate of drug-likeness (QED) is 0.433. The van der Waals surface area contributed by atoms with Crippen LogP contribution in [0.1, 0.15) is 6.92 Å². The van der Waals surface area contributed by atoms with Gasteiger partial charge in [-0.05, 0) is 55.5 Å². The van der Waals surface area contributed by atoms with E-state index in [1.54, 1.807) is 6.92 Å². The van der Waals surface area contributed by atoms with E-state index < -0.39 is 15.3 Å². The Morgan fingerprint density at radius 1 is 1.00 bits per heavy atom. The van der Waals surface area contributed by atoms with Crippen molar-refractivity contribution in [1.82, 2.24) is 9.55 Å². The summed E-state index contributed by atoms with van der Waals surface area (Å²) in [4.78, 5) is 17.5. The van der Waals surface area contributed by atoms with E-state index in [0.29, 0.717) is 10.8 Å². The number of rotatable bonds is 6. The van der Waals surface area contributed by atoms with Crippen LogP contribution in [0, 0.1) is 0 Å². The lowest BCUT2D eigenvalue weighted by atomic mass is 10.3. The van der Waals surface area contributed by atoms with Crippen LogP contribution in [0.4, 0.5) is 5.69 Å². The number of anilines is 1. The van der Waals surface area contributed by atoms with Gasteiger partial charge in [0.05, 0.1) is 21.2 Å². The number of hydrogen-bond donors (Lipinski definition) is 2. The highest BCUT2D eigenvalue weighted by Gasteiger charge is 2.20. The van der Waals surface area contributed by atoms with Crippen molar-refractivity contribution in [3.63, 3.8) is 0 Å². The van der Waals surface area contributed by atoms with Gasteiger partial charge in [-0.2, -0.15) is 0 Å². The van der Waals surface area contributed by atoms with Crippen molar-refractivity contribution in [1.29, 1.82) is 0 Å². The van der Waals surface area contributed by atoms with Crippen LogP contribution in [0.15, 0.2) is 88.9 Å². The summed E-state index contributed by atoms with van der Waals surface area (Å²) in [5, 5.41) is 8.17. The monoisotopic (exact) mass is 452 g/mol. The summed E-state index contributed by atoms with van der Waals surface area (Å²) in [7, 11) is -3.78. The Balaban J connectivity index is 1.57. The lowest BCUT2D eigenvalue weighted by molar-refractivity contribution is -0.115. The Kier molecular flexibility index (Phi) is 5.81. The summed E-state index contributed by atoms with van der Waals surface area (Å²) in [5.74, 6) is -0.222. The normalized spacial score (nSPS) is 12.6. The number of thioether (sulfide) groups is 1. The number of carbonyl (C=O) groups is 1. The van der Waals surface area contributed by atoms with Gasteiger partial charge in [-0.25, -0.2) is 18.5 Å². The fourth-order valence-corrected chi connectivity index (χ4v) is 4.55. The Hall–Kier alpha value is -3.14. The van der Waals surface area contributed by atoms with E-state index in [9.17, 15) is 13.2 Å². The Labute approximate surface area is 184 Å². The van der Waals surface area contributed by atoms with Crippen molar-refractivity contribution in [2.75, 3.05) is 5.32 Å². The number of imidazole rings is 1. The number of carbonyl (C=O) groups excluding carboxylic acids is 1. The number of para-hydroxylation sites is 3. The molecule has 0 saturated heterocycles. The van der Waals surface area contributed by atoms with Crippen molar-refractivity contribution in [2.24, 2.45) is 5.14 Å². The molecule has 3 N–H and O–H groups in total. The molecule has 31 heavy (non-hydrogen) atoms. The molecule has 158 valence electrons. The summed E-state index contributed by atoms with van der Waals surface area (Å²) in [6, 6.07) is 23.4. The molecular formula is C22H20N4O3S2. The van der Waals surface area contributed by atoms with Crippen molar-refractivity contribution >= 4 is 44.4 Å². The van der Waals surface area contributed by atoms with Crippen LogP contribution in [0.2, 0.25) is 0 Å². The predicted octanol–water partition coefficient (Wildman–Crippen LogP) is 3.79. The van der Waals surface area contributed by atoms with E-state index in [4.69, 9.17) is 10.1 Å². The second-order valence-electron chi connectivity index (χ2n) is 6.87. The van der Waals surface area contributed by atoms with Gasteiger partial charge in [0, 0.05) is 11.4 Å². The van der Waals surface area contributed by atoms with Gasteiger partial charge in [0.15, 0.2) is 5.16 Å². The number of amides is 1. The largest absolute Gasteiger partial charge is 0.325 e. The maximum Gasteiger partial charge on any atom is 0.238 e. The molecule has 4 aromatic rings. The van der Waals surface area contributed by atoms with Gasteiger partial charge in [-0.1, -0.05) is 42.1 Å². The minimum atomic E-state index is -3.78. The zero-order valence-electron chi connectivity index (χ0n) is 16.6. The van der Waals surface area contributed by atoms with E-state index in [1.165, 1.54) is 36.0 Å². The van der Waals surface area contributed by atoms with Crippen LogP contribution < -0.4 is 10.5 Å². The molecule has 1 amide bonds. The fraction of sp³-hybridized carbons (Fsp3) is 0.0909. The molecule has 0 fully saturated rings. The average molecular weight is 453 g/mol. The molecule has 0 bridgehead atoms. The third-order valence-corrected chi connectivity index (χ3v) is 6.63. The van der Waals surface area contributed by atoms with E-state index in [1.807, 2.05) is 59.2 Å². The van der Waals surface area contributed by atoms with Crippen molar-refractivity contribution in [2.45, 2.75) is 22.2 Å². The molecule has 7 nitrogen and oxygen atoms in total. The number of nitrogens with one attached hydrogen (secondary N) is 1. The van der Waals surface area contributed by atoms with Gasteiger partial charge in [-0.3, -0.25) is 9.36 Å². The second kappa shape index (κ2) is 8.54. The summed E-state index contributed by atoms with van der Waals surface area (Å²) >= 11 is 1.35. The number of nitrogens with two attached hydrogens (primary N) is 1. The second-order valence-corrected chi connectivity index (χ2v) is 9.74. The first-order valence-corrected chi connectivity index (χ1v) is 11.9. The molecule has 0 aliphatic heterocycles. The van der Waals surface area contributed by atoms with Gasteiger partial charge < -0.3 is 5.32 Å². The molecular weight excluding hydrogens is 432 g/mol. The molecule has 0 saturated carbocycles. The topological polar surface area (TPSA) is 107 Å². The molecule has 0 radical (unpaired) electrons. The third-order valence-electron chi connectivity index (χ3n) is 4.65. The number of aromatic nitrogens is 2. The molecule has 1 aromatic heterocycles. The number of primary sulfonamides is 1. The molecule has 0 aliphatic rings. The van der Waals surface area contributed by atoms with E-state index >= 15 is 0 Å². The fourth-order valence-electron chi connectivity index (χ4n) is 3.09. The van der Waals surface area contributed by atoms with Crippen LogP contribution in [0.5, 0.6) is 0 Å². The highest BCUT2D eigenvalue weighted by Crippen LogP contribution is 2.30. The smallest absolute Gasteiger partial charge is 0.238 e. The SMILES string of the molecule is CC(Sc1nc2ccccc2n1-c1ccccc1)C(=O)Nc1ccc(S(N)(=O)=O)cc1. The van der Waals surface area contributed by atoms with Crippen LogP contribution in [-0.4, -0.2) is 29.1 Å². The van der Waals surface area contributed by atoms with Crippen LogP contribution >= 0.6 is 11.8 Å². The Bertz CT molecular complexity index is 1330. The first kappa shape index (κ1) is 21.1. The van der Waals surface area contributed by atoms with Crippen molar-refractivity contribution in [3.8, 4) is 5.69 Å². The zero-order valence-corrected chi connectivity index (χ0v) is 18.2. The van der Waals surface area contributed by atoms with E-state index in [0.717, 1.165) is 16.7 Å². The molecule has 1 unspecified atom stereocenters. The predicted molar refractivity (Wildman–Crippen MR) is 123 cm³/mol. The zero-order chi connectivity index (χ0) is 22.0. The molecule has 4 rings (SSSR count). The minimum absolute atomic E-state index is 0.00972. The van der Waals surface area contributed by atoms with Gasteiger partial charge >= 0.3 is 0 Å². The first-order valence-electron chi connectivity index (χ1n) is 9.46. The standard InChI is InChI=1S/C22H20N4O3S2/c1-15(21(27)24-16-11-13-18(14-12-16)31(23,28)29)30-22-25-19-9-5-6-10-20(19)26(22)17-7-3-2-4-8-17/h2-15H,1H3,(H,24,27)(H2,23,28,29). The molecule has 9 heteroatoms. The average Bonchev–Trinajstić information content (AvgIpc) is 3.11. The lowest BCUT2D eigenvalue weighted by Gasteiger charge is -2.14. The summed E-state index contributed by atoms with van der Waals surface area (Å²) in [6.07, 6.45) is 0. The van der Waals surface area contributed by atoms with Crippen molar-refractivity contribution < 1.29 is 13.2 Å². The molecule has 1 heterocycles. The number of nitrogens with zero attached hydrogens (tertiary/aromatic N) is 2. The molecule has 0 aliphatic carbocycles. The summed E-state index contributed by atoms with van der Waals surface area (Å²) in [5.41, 5.74) is 3.26. The summed E-state index contributed by atoms with van der Waals surface area (Å²) in [6.45, 7) is 1.80. The first-order chi connectivity index (χ1) is 14.8. The molecule has 3 aromatic carbocycles. The number of benzene rings is 3. The highest BCUT2D eigenvalue weighted by molar-refractivity contribution is 8.00. The van der Waals surface area contributed by atoms with E-state index in [2.05, 4.69) is 5.32 Å².